The smallest absolute Gasteiger partial charge is 0.239 e. The molecular formula is C13H17F3N2O3S. The van der Waals surface area contributed by atoms with E-state index in [-0.39, 0.29) is 12.5 Å². The fourth-order valence-electron chi connectivity index (χ4n) is 1.70. The summed E-state index contributed by atoms with van der Waals surface area (Å²) in [6.07, 6.45) is 0.945. The molecule has 1 aromatic carbocycles. The SMILES string of the molecule is CC(C)CN(CC(=O)Nc1ccc(F)c(F)c1F)S(C)(=O)=O. The second-order valence-electron chi connectivity index (χ2n) is 5.22. The number of halogens is 3. The highest BCUT2D eigenvalue weighted by Crippen LogP contribution is 2.19. The summed E-state index contributed by atoms with van der Waals surface area (Å²) in [6, 6.07) is 1.52. The number of anilines is 1. The van der Waals surface area contributed by atoms with Crippen LogP contribution in [0.4, 0.5) is 18.9 Å². The monoisotopic (exact) mass is 338 g/mol. The van der Waals surface area contributed by atoms with Crippen molar-refractivity contribution in [3.63, 3.8) is 0 Å². The summed E-state index contributed by atoms with van der Waals surface area (Å²) < 4.78 is 63.4. The largest absolute Gasteiger partial charge is 0.322 e. The van der Waals surface area contributed by atoms with Gasteiger partial charge in [-0.15, -0.1) is 0 Å². The third-order valence-electron chi connectivity index (χ3n) is 2.67. The van der Waals surface area contributed by atoms with Crippen LogP contribution in [0.3, 0.4) is 0 Å². The molecule has 0 aliphatic heterocycles. The first-order valence-corrected chi connectivity index (χ1v) is 8.25. The Labute approximate surface area is 127 Å². The van der Waals surface area contributed by atoms with Gasteiger partial charge in [0.05, 0.1) is 18.5 Å². The molecule has 0 aliphatic carbocycles. The standard InChI is InChI=1S/C13H17F3N2O3S/c1-8(2)6-18(22(3,20)21)7-11(19)17-10-5-4-9(14)12(15)13(10)16/h4-5,8H,6-7H2,1-3H3,(H,17,19). The van der Waals surface area contributed by atoms with Crippen molar-refractivity contribution < 1.29 is 26.4 Å². The fraction of sp³-hybridized carbons (Fsp3) is 0.462. The summed E-state index contributed by atoms with van der Waals surface area (Å²) in [6.45, 7) is 3.10. The van der Waals surface area contributed by atoms with Gasteiger partial charge in [0.1, 0.15) is 0 Å². The molecule has 0 fully saturated rings. The molecule has 5 nitrogen and oxygen atoms in total. The van der Waals surface area contributed by atoms with Crippen molar-refractivity contribution >= 4 is 21.6 Å². The Morgan fingerprint density at radius 1 is 1.23 bits per heavy atom. The molecule has 22 heavy (non-hydrogen) atoms. The van der Waals surface area contributed by atoms with E-state index in [0.29, 0.717) is 6.07 Å². The van der Waals surface area contributed by atoms with Gasteiger partial charge in [0, 0.05) is 6.54 Å². The van der Waals surface area contributed by atoms with Crippen molar-refractivity contribution in [3.05, 3.63) is 29.6 Å². The molecule has 0 saturated carbocycles. The minimum atomic E-state index is -3.63. The lowest BCUT2D eigenvalue weighted by atomic mass is 10.2. The molecule has 0 aliphatic rings. The summed E-state index contributed by atoms with van der Waals surface area (Å²) in [7, 11) is -3.63. The topological polar surface area (TPSA) is 66.5 Å². The van der Waals surface area contributed by atoms with E-state index in [1.165, 1.54) is 0 Å². The number of sulfonamides is 1. The summed E-state index contributed by atoms with van der Waals surface area (Å²) in [5.74, 6) is -5.50. The zero-order valence-electron chi connectivity index (χ0n) is 12.4. The van der Waals surface area contributed by atoms with Crippen LogP contribution in [0.2, 0.25) is 0 Å². The van der Waals surface area contributed by atoms with E-state index in [0.717, 1.165) is 16.6 Å². The van der Waals surface area contributed by atoms with Gasteiger partial charge in [-0.25, -0.2) is 21.6 Å². The molecule has 0 radical (unpaired) electrons. The Bertz CT molecular complexity index is 663. The lowest BCUT2D eigenvalue weighted by Crippen LogP contribution is -2.39. The summed E-state index contributed by atoms with van der Waals surface area (Å²) in [5.41, 5.74) is -0.554. The number of nitrogens with zero attached hydrogens (tertiary/aromatic N) is 1. The summed E-state index contributed by atoms with van der Waals surface area (Å²) in [4.78, 5) is 11.8. The van der Waals surface area contributed by atoms with E-state index in [9.17, 15) is 26.4 Å². The molecule has 124 valence electrons. The first kappa shape index (κ1) is 18.4. The van der Waals surface area contributed by atoms with Crippen molar-refractivity contribution in [1.29, 1.82) is 0 Å². The van der Waals surface area contributed by atoms with Crippen LogP contribution >= 0.6 is 0 Å². The minimum Gasteiger partial charge on any atom is -0.322 e. The maximum Gasteiger partial charge on any atom is 0.239 e. The van der Waals surface area contributed by atoms with Crippen LogP contribution in [0.1, 0.15) is 13.8 Å². The molecule has 1 amide bonds. The van der Waals surface area contributed by atoms with Crippen molar-refractivity contribution in [2.75, 3.05) is 24.7 Å². The molecular weight excluding hydrogens is 321 g/mol. The van der Waals surface area contributed by atoms with Gasteiger partial charge in [-0.3, -0.25) is 4.79 Å². The number of hydrogen-bond acceptors (Lipinski definition) is 3. The quantitative estimate of drug-likeness (QED) is 0.807. The molecule has 0 spiro atoms. The Kier molecular flexibility index (Phi) is 5.95. The first-order chi connectivity index (χ1) is 10.0. The third kappa shape index (κ3) is 4.99. The number of amides is 1. The zero-order valence-corrected chi connectivity index (χ0v) is 13.2. The van der Waals surface area contributed by atoms with Crippen molar-refractivity contribution in [2.24, 2.45) is 5.92 Å². The van der Waals surface area contributed by atoms with Gasteiger partial charge in [-0.2, -0.15) is 4.31 Å². The maximum absolute atomic E-state index is 13.4. The van der Waals surface area contributed by atoms with Crippen LogP contribution in [0.25, 0.3) is 0 Å². The van der Waals surface area contributed by atoms with Crippen LogP contribution in [0.15, 0.2) is 12.1 Å². The Morgan fingerprint density at radius 3 is 2.32 bits per heavy atom. The molecule has 1 N–H and O–H groups in total. The Hall–Kier alpha value is -1.61. The average Bonchev–Trinajstić information content (AvgIpc) is 2.37. The van der Waals surface area contributed by atoms with Crippen LogP contribution in [-0.2, 0) is 14.8 Å². The van der Waals surface area contributed by atoms with Crippen LogP contribution in [0.5, 0.6) is 0 Å². The molecule has 0 unspecified atom stereocenters. The lowest BCUT2D eigenvalue weighted by Gasteiger charge is -2.21. The number of benzene rings is 1. The predicted octanol–water partition coefficient (Wildman–Crippen LogP) is 1.96. The molecule has 1 aromatic rings. The zero-order chi connectivity index (χ0) is 17.1. The van der Waals surface area contributed by atoms with Gasteiger partial charge in [-0.05, 0) is 18.1 Å². The highest BCUT2D eigenvalue weighted by Gasteiger charge is 2.22. The lowest BCUT2D eigenvalue weighted by molar-refractivity contribution is -0.116. The fourth-order valence-corrected chi connectivity index (χ4v) is 2.62. The third-order valence-corrected chi connectivity index (χ3v) is 3.88. The molecule has 0 bridgehead atoms. The van der Waals surface area contributed by atoms with Gasteiger partial charge in [0.2, 0.25) is 15.9 Å². The highest BCUT2D eigenvalue weighted by atomic mass is 32.2. The average molecular weight is 338 g/mol. The second-order valence-corrected chi connectivity index (χ2v) is 7.20. The van der Waals surface area contributed by atoms with Gasteiger partial charge in [0.25, 0.3) is 0 Å². The van der Waals surface area contributed by atoms with E-state index in [1.54, 1.807) is 13.8 Å². The Morgan fingerprint density at radius 2 is 1.82 bits per heavy atom. The predicted molar refractivity (Wildman–Crippen MR) is 76.2 cm³/mol. The molecule has 0 atom stereocenters. The minimum absolute atomic E-state index is 0.0254. The maximum atomic E-state index is 13.4. The Balaban J connectivity index is 2.87. The number of carbonyl (C=O) groups excluding carboxylic acids is 1. The number of nitrogens with one attached hydrogen (secondary N) is 1. The number of rotatable bonds is 6. The molecule has 1 rings (SSSR count). The van der Waals surface area contributed by atoms with E-state index in [1.807, 2.05) is 5.32 Å². The van der Waals surface area contributed by atoms with Crippen molar-refractivity contribution in [3.8, 4) is 0 Å². The second kappa shape index (κ2) is 7.10. The van der Waals surface area contributed by atoms with Gasteiger partial charge in [-0.1, -0.05) is 13.8 Å². The molecule has 0 heterocycles. The molecule has 0 aromatic heterocycles. The molecule has 9 heteroatoms. The number of hydrogen-bond donors (Lipinski definition) is 1. The first-order valence-electron chi connectivity index (χ1n) is 6.40. The molecule has 0 saturated heterocycles. The van der Waals surface area contributed by atoms with E-state index < -0.39 is 45.6 Å². The van der Waals surface area contributed by atoms with E-state index in [2.05, 4.69) is 0 Å². The van der Waals surface area contributed by atoms with Crippen LogP contribution < -0.4 is 5.32 Å². The van der Waals surface area contributed by atoms with Gasteiger partial charge < -0.3 is 5.32 Å². The van der Waals surface area contributed by atoms with Crippen molar-refractivity contribution in [2.45, 2.75) is 13.8 Å². The van der Waals surface area contributed by atoms with Crippen LogP contribution in [-0.4, -0.2) is 38.0 Å². The van der Waals surface area contributed by atoms with Gasteiger partial charge >= 0.3 is 0 Å². The van der Waals surface area contributed by atoms with E-state index >= 15 is 0 Å². The normalized spacial score (nSPS) is 12.0. The van der Waals surface area contributed by atoms with Crippen LogP contribution in [0, 0.1) is 23.4 Å². The van der Waals surface area contributed by atoms with Crippen molar-refractivity contribution in [1.82, 2.24) is 4.31 Å². The summed E-state index contributed by atoms with van der Waals surface area (Å²) >= 11 is 0. The van der Waals surface area contributed by atoms with E-state index in [4.69, 9.17) is 0 Å². The van der Waals surface area contributed by atoms with Gasteiger partial charge in [0.15, 0.2) is 17.5 Å². The summed E-state index contributed by atoms with van der Waals surface area (Å²) in [5, 5.41) is 2.03. The highest BCUT2D eigenvalue weighted by molar-refractivity contribution is 7.88. The number of carbonyl (C=O) groups is 1.